The number of benzene rings is 2. The number of rotatable bonds is 4. The smallest absolute Gasteiger partial charge is 0.339 e. The normalized spacial score (nSPS) is 12.3. The Balaban J connectivity index is 1.49. The lowest BCUT2D eigenvalue weighted by atomic mass is 10.0. The van der Waals surface area contributed by atoms with Crippen molar-refractivity contribution in [1.29, 1.82) is 0 Å². The SMILES string of the molecule is Cc1c(CCC(=O)Nc2ccc3c(c2)OCO3)c(=O)oc2cc(O)ccc12. The van der Waals surface area contributed by atoms with Crippen LogP contribution in [0.5, 0.6) is 17.2 Å². The van der Waals surface area contributed by atoms with Gasteiger partial charge in [-0.1, -0.05) is 0 Å². The van der Waals surface area contributed by atoms with Crippen molar-refractivity contribution >= 4 is 22.6 Å². The third-order valence-corrected chi connectivity index (χ3v) is 4.53. The van der Waals surface area contributed by atoms with E-state index in [2.05, 4.69) is 5.32 Å². The topological polar surface area (TPSA) is 98.0 Å². The van der Waals surface area contributed by atoms with Gasteiger partial charge in [0.1, 0.15) is 11.3 Å². The minimum absolute atomic E-state index is 0.0286. The maximum Gasteiger partial charge on any atom is 0.339 e. The van der Waals surface area contributed by atoms with Crippen molar-refractivity contribution in [3.8, 4) is 17.2 Å². The second-order valence-corrected chi connectivity index (χ2v) is 6.29. The van der Waals surface area contributed by atoms with Crippen molar-refractivity contribution in [2.24, 2.45) is 0 Å². The van der Waals surface area contributed by atoms with Gasteiger partial charge in [-0.25, -0.2) is 4.79 Å². The Morgan fingerprint density at radius 3 is 2.81 bits per heavy atom. The van der Waals surface area contributed by atoms with Gasteiger partial charge in [-0.15, -0.1) is 0 Å². The predicted molar refractivity (Wildman–Crippen MR) is 98.4 cm³/mol. The standard InChI is InChI=1S/C20H17NO6/c1-11-14-4-3-13(22)9-17(14)27-20(24)15(11)5-7-19(23)21-12-2-6-16-18(8-12)26-10-25-16/h2-4,6,8-9,22H,5,7,10H2,1H3,(H,21,23). The number of aryl methyl sites for hydroxylation is 1. The van der Waals surface area contributed by atoms with E-state index in [9.17, 15) is 14.7 Å². The number of anilines is 1. The summed E-state index contributed by atoms with van der Waals surface area (Å²) in [6.07, 6.45) is 0.380. The number of carbonyl (C=O) groups excluding carboxylic acids is 1. The third-order valence-electron chi connectivity index (χ3n) is 4.53. The molecule has 138 valence electrons. The van der Waals surface area contributed by atoms with E-state index in [1.807, 2.05) is 0 Å². The summed E-state index contributed by atoms with van der Waals surface area (Å²) in [6.45, 7) is 1.98. The number of ether oxygens (including phenoxy) is 2. The number of hydrogen-bond donors (Lipinski definition) is 2. The fourth-order valence-corrected chi connectivity index (χ4v) is 3.11. The molecule has 0 aliphatic carbocycles. The molecule has 1 aliphatic rings. The van der Waals surface area contributed by atoms with Crippen LogP contribution >= 0.6 is 0 Å². The highest BCUT2D eigenvalue weighted by Crippen LogP contribution is 2.34. The van der Waals surface area contributed by atoms with Crippen LogP contribution in [0.3, 0.4) is 0 Å². The van der Waals surface area contributed by atoms with Crippen LogP contribution < -0.4 is 20.4 Å². The molecule has 0 fully saturated rings. The Labute approximate surface area is 154 Å². The lowest BCUT2D eigenvalue weighted by molar-refractivity contribution is -0.116. The van der Waals surface area contributed by atoms with Gasteiger partial charge in [0.2, 0.25) is 12.7 Å². The zero-order chi connectivity index (χ0) is 19.0. The van der Waals surface area contributed by atoms with Crippen molar-refractivity contribution in [2.75, 3.05) is 12.1 Å². The van der Waals surface area contributed by atoms with Crippen LogP contribution in [0.15, 0.2) is 45.6 Å². The van der Waals surface area contributed by atoms with Crippen LogP contribution in [-0.2, 0) is 11.2 Å². The summed E-state index contributed by atoms with van der Waals surface area (Å²) in [7, 11) is 0. The third kappa shape index (κ3) is 3.31. The molecule has 1 aliphatic heterocycles. The Kier molecular flexibility index (Phi) is 4.19. The molecule has 0 saturated heterocycles. The monoisotopic (exact) mass is 367 g/mol. The van der Waals surface area contributed by atoms with Gasteiger partial charge in [-0.2, -0.15) is 0 Å². The summed E-state index contributed by atoms with van der Waals surface area (Å²) in [5.41, 5.74) is 1.63. The molecule has 0 unspecified atom stereocenters. The van der Waals surface area contributed by atoms with Crippen LogP contribution in [0.2, 0.25) is 0 Å². The Hall–Kier alpha value is -3.48. The Morgan fingerprint density at radius 2 is 1.96 bits per heavy atom. The average Bonchev–Trinajstić information content (AvgIpc) is 3.09. The maximum atomic E-state index is 12.3. The summed E-state index contributed by atoms with van der Waals surface area (Å²) in [5, 5.41) is 13.0. The summed E-state index contributed by atoms with van der Waals surface area (Å²) in [5.74, 6) is 1.03. The van der Waals surface area contributed by atoms with Gasteiger partial charge in [0.05, 0.1) is 0 Å². The highest BCUT2D eigenvalue weighted by Gasteiger charge is 2.16. The van der Waals surface area contributed by atoms with Crippen LogP contribution in [0.4, 0.5) is 5.69 Å². The first-order valence-electron chi connectivity index (χ1n) is 8.46. The van der Waals surface area contributed by atoms with E-state index in [-0.39, 0.29) is 31.3 Å². The van der Waals surface area contributed by atoms with Crippen molar-refractivity contribution in [1.82, 2.24) is 0 Å². The van der Waals surface area contributed by atoms with E-state index in [4.69, 9.17) is 13.9 Å². The molecule has 27 heavy (non-hydrogen) atoms. The zero-order valence-corrected chi connectivity index (χ0v) is 14.6. The van der Waals surface area contributed by atoms with Crippen LogP contribution in [-0.4, -0.2) is 17.8 Å². The average molecular weight is 367 g/mol. The van der Waals surface area contributed by atoms with Crippen LogP contribution in [0.25, 0.3) is 11.0 Å². The number of aromatic hydroxyl groups is 1. The number of nitrogens with one attached hydrogen (secondary N) is 1. The molecule has 7 heteroatoms. The first kappa shape index (κ1) is 17.0. The van der Waals surface area contributed by atoms with Crippen molar-refractivity contribution in [2.45, 2.75) is 19.8 Å². The molecule has 2 N–H and O–H groups in total. The molecule has 2 heterocycles. The van der Waals surface area contributed by atoms with Crippen LogP contribution in [0.1, 0.15) is 17.5 Å². The molecule has 3 aromatic rings. The fourth-order valence-electron chi connectivity index (χ4n) is 3.11. The quantitative estimate of drug-likeness (QED) is 0.688. The van der Waals surface area contributed by atoms with E-state index in [1.165, 1.54) is 12.1 Å². The molecule has 7 nitrogen and oxygen atoms in total. The molecule has 1 aromatic heterocycles. The number of amides is 1. The molecular weight excluding hydrogens is 350 g/mol. The van der Waals surface area contributed by atoms with Gasteiger partial charge in [0.25, 0.3) is 0 Å². The molecule has 0 radical (unpaired) electrons. The number of fused-ring (bicyclic) bond motifs is 2. The summed E-state index contributed by atoms with van der Waals surface area (Å²) in [4.78, 5) is 24.5. The number of phenolic OH excluding ortho intramolecular Hbond substituents is 1. The Morgan fingerprint density at radius 1 is 1.15 bits per heavy atom. The Bertz CT molecular complexity index is 1100. The van der Waals surface area contributed by atoms with E-state index in [0.29, 0.717) is 28.3 Å². The fraction of sp³-hybridized carbons (Fsp3) is 0.200. The molecule has 2 aromatic carbocycles. The van der Waals surface area contributed by atoms with Gasteiger partial charge in [0.15, 0.2) is 11.5 Å². The summed E-state index contributed by atoms with van der Waals surface area (Å²) in [6, 6.07) is 9.79. The first-order chi connectivity index (χ1) is 13.0. The zero-order valence-electron chi connectivity index (χ0n) is 14.6. The lowest BCUT2D eigenvalue weighted by Crippen LogP contribution is -2.16. The first-order valence-corrected chi connectivity index (χ1v) is 8.46. The number of carbonyl (C=O) groups is 1. The molecule has 0 spiro atoms. The minimum Gasteiger partial charge on any atom is -0.508 e. The van der Waals surface area contributed by atoms with Crippen molar-refractivity contribution in [3.63, 3.8) is 0 Å². The summed E-state index contributed by atoms with van der Waals surface area (Å²) >= 11 is 0. The molecule has 0 saturated carbocycles. The van der Waals surface area contributed by atoms with Gasteiger partial charge >= 0.3 is 5.63 Å². The molecule has 1 amide bonds. The highest BCUT2D eigenvalue weighted by molar-refractivity contribution is 5.91. The second kappa shape index (κ2) is 6.68. The van der Waals surface area contributed by atoms with Crippen LogP contribution in [0, 0.1) is 6.92 Å². The van der Waals surface area contributed by atoms with Crippen molar-refractivity contribution < 1.29 is 23.8 Å². The van der Waals surface area contributed by atoms with E-state index in [0.717, 1.165) is 10.9 Å². The highest BCUT2D eigenvalue weighted by atomic mass is 16.7. The van der Waals surface area contributed by atoms with Gasteiger partial charge in [-0.05, 0) is 43.2 Å². The predicted octanol–water partition coefficient (Wildman–Crippen LogP) is 3.11. The molecule has 0 bridgehead atoms. The van der Waals surface area contributed by atoms with Gasteiger partial charge in [0, 0.05) is 35.2 Å². The second-order valence-electron chi connectivity index (χ2n) is 6.29. The largest absolute Gasteiger partial charge is 0.508 e. The maximum absolute atomic E-state index is 12.3. The van der Waals surface area contributed by atoms with E-state index >= 15 is 0 Å². The minimum atomic E-state index is -0.499. The lowest BCUT2D eigenvalue weighted by Gasteiger charge is -2.09. The number of phenols is 1. The van der Waals surface area contributed by atoms with Gasteiger partial charge in [-0.3, -0.25) is 4.79 Å². The molecule has 0 atom stereocenters. The molecular formula is C20H17NO6. The molecule has 4 rings (SSSR count). The van der Waals surface area contributed by atoms with E-state index < -0.39 is 5.63 Å². The van der Waals surface area contributed by atoms with Crippen molar-refractivity contribution in [3.05, 3.63) is 57.9 Å². The summed E-state index contributed by atoms with van der Waals surface area (Å²) < 4.78 is 15.8. The van der Waals surface area contributed by atoms with E-state index in [1.54, 1.807) is 31.2 Å². The van der Waals surface area contributed by atoms with Gasteiger partial charge < -0.3 is 24.3 Å². The number of hydrogen-bond acceptors (Lipinski definition) is 6.